The first kappa shape index (κ1) is 21.0. The predicted molar refractivity (Wildman–Crippen MR) is 118 cm³/mol. The summed E-state index contributed by atoms with van der Waals surface area (Å²) in [5.74, 6) is 0. The fourth-order valence-corrected chi connectivity index (χ4v) is 3.87. The minimum absolute atomic E-state index is 0.0211. The van der Waals surface area contributed by atoms with Crippen LogP contribution in [0.5, 0.6) is 0 Å². The summed E-state index contributed by atoms with van der Waals surface area (Å²) in [6, 6.07) is 11.4. The third-order valence-electron chi connectivity index (χ3n) is 3.85. The van der Waals surface area contributed by atoms with Gasteiger partial charge < -0.3 is 0 Å². The second-order valence-electron chi connectivity index (χ2n) is 5.96. The van der Waals surface area contributed by atoms with E-state index in [4.69, 9.17) is 0 Å². The summed E-state index contributed by atoms with van der Waals surface area (Å²) < 4.78 is 0. The predicted octanol–water partition coefficient (Wildman–Crippen LogP) is 6.91. The largest absolute Gasteiger partial charge is 0.269 e. The van der Waals surface area contributed by atoms with E-state index in [1.54, 1.807) is 12.4 Å². The summed E-state index contributed by atoms with van der Waals surface area (Å²) in [6.45, 7) is 0. The lowest BCUT2D eigenvalue weighted by Gasteiger charge is -1.91. The number of thiazole rings is 2. The van der Waals surface area contributed by atoms with Crippen LogP contribution in [0.3, 0.4) is 0 Å². The van der Waals surface area contributed by atoms with E-state index in [-0.39, 0.29) is 11.4 Å². The first-order valence-electron chi connectivity index (χ1n) is 8.72. The molecule has 2 aromatic heterocycles. The molecule has 2 heterocycles. The van der Waals surface area contributed by atoms with Crippen LogP contribution in [0.1, 0.15) is 0 Å². The number of azo groups is 2. The van der Waals surface area contributed by atoms with Gasteiger partial charge in [0.05, 0.1) is 31.0 Å². The SMILES string of the molecule is O=[N+]([O-])c1ccc(N=Nc2ncc(-c3cnc(N=Nc4ccc([N+](=O)[O-])cc4)s3)s2)cc1. The number of hydrogen-bond donors (Lipinski definition) is 0. The van der Waals surface area contributed by atoms with Crippen molar-refractivity contribution in [1.29, 1.82) is 0 Å². The van der Waals surface area contributed by atoms with Gasteiger partial charge in [-0.1, -0.05) is 22.7 Å². The minimum atomic E-state index is -0.483. The maximum Gasteiger partial charge on any atom is 0.269 e. The van der Waals surface area contributed by atoms with Gasteiger partial charge in [-0.3, -0.25) is 20.2 Å². The van der Waals surface area contributed by atoms with Gasteiger partial charge in [0.15, 0.2) is 0 Å². The van der Waals surface area contributed by atoms with Crippen molar-refractivity contribution in [3.8, 4) is 9.75 Å². The van der Waals surface area contributed by atoms with Gasteiger partial charge in [-0.25, -0.2) is 9.97 Å². The van der Waals surface area contributed by atoms with Gasteiger partial charge in [0.2, 0.25) is 10.3 Å². The molecule has 12 nitrogen and oxygen atoms in total. The van der Waals surface area contributed by atoms with Crippen LogP contribution in [0.2, 0.25) is 0 Å². The standard InChI is InChI=1S/C18H10N8O4S2/c27-25(28)13-5-1-11(2-6-13)21-23-17-19-9-15(31-17)16-10-20-18(32-16)24-22-12-3-7-14(8-4-12)26(29)30/h1-10H. The zero-order valence-corrected chi connectivity index (χ0v) is 17.4. The normalized spacial score (nSPS) is 11.4. The van der Waals surface area contributed by atoms with Crippen LogP contribution in [-0.4, -0.2) is 19.8 Å². The van der Waals surface area contributed by atoms with Crippen molar-refractivity contribution in [1.82, 2.24) is 9.97 Å². The molecule has 4 aromatic rings. The minimum Gasteiger partial charge on any atom is -0.258 e. The highest BCUT2D eigenvalue weighted by Gasteiger charge is 2.09. The highest BCUT2D eigenvalue weighted by molar-refractivity contribution is 7.25. The molecule has 0 aliphatic rings. The summed E-state index contributed by atoms with van der Waals surface area (Å²) in [5, 5.41) is 38.4. The van der Waals surface area contributed by atoms with Gasteiger partial charge in [-0.2, -0.15) is 0 Å². The van der Waals surface area contributed by atoms with Crippen LogP contribution >= 0.6 is 22.7 Å². The second-order valence-corrected chi connectivity index (χ2v) is 7.98. The van der Waals surface area contributed by atoms with E-state index in [1.807, 2.05) is 0 Å². The molecular formula is C18H10N8O4S2. The Bertz CT molecular complexity index is 1230. The van der Waals surface area contributed by atoms with E-state index in [0.717, 1.165) is 9.75 Å². The van der Waals surface area contributed by atoms with Gasteiger partial charge in [0, 0.05) is 36.7 Å². The van der Waals surface area contributed by atoms with Gasteiger partial charge in [-0.05, 0) is 24.3 Å². The maximum atomic E-state index is 10.7. The Morgan fingerprint density at radius 2 is 1.00 bits per heavy atom. The number of benzene rings is 2. The number of aromatic nitrogens is 2. The lowest BCUT2D eigenvalue weighted by atomic mass is 10.3. The van der Waals surface area contributed by atoms with Crippen LogP contribution in [0, 0.1) is 20.2 Å². The van der Waals surface area contributed by atoms with Gasteiger partial charge in [0.25, 0.3) is 11.4 Å². The van der Waals surface area contributed by atoms with Gasteiger partial charge in [0.1, 0.15) is 0 Å². The third-order valence-corrected chi connectivity index (χ3v) is 5.81. The monoisotopic (exact) mass is 466 g/mol. The quantitative estimate of drug-likeness (QED) is 0.163. The number of non-ortho nitro benzene ring substituents is 2. The molecule has 0 bridgehead atoms. The molecule has 32 heavy (non-hydrogen) atoms. The molecule has 0 N–H and O–H groups in total. The Balaban J connectivity index is 1.42. The molecule has 0 unspecified atom stereocenters. The molecule has 0 amide bonds. The fourth-order valence-electron chi connectivity index (χ4n) is 2.33. The first-order chi connectivity index (χ1) is 15.5. The Labute approximate surface area is 187 Å². The van der Waals surface area contributed by atoms with E-state index in [2.05, 4.69) is 30.4 Å². The third kappa shape index (κ3) is 5.05. The number of nitro groups is 2. The van der Waals surface area contributed by atoms with Gasteiger partial charge in [-0.15, -0.1) is 20.5 Å². The summed E-state index contributed by atoms with van der Waals surface area (Å²) in [5.41, 5.74) is 0.901. The molecule has 0 spiro atoms. The smallest absolute Gasteiger partial charge is 0.258 e. The van der Waals surface area contributed by atoms with E-state index in [9.17, 15) is 20.2 Å². The van der Waals surface area contributed by atoms with Gasteiger partial charge >= 0.3 is 0 Å². The molecule has 158 valence electrons. The molecule has 0 fully saturated rings. The van der Waals surface area contributed by atoms with Crippen molar-refractivity contribution in [3.05, 3.63) is 81.2 Å². The number of nitro benzene ring substituents is 2. The molecule has 0 aliphatic heterocycles. The zero-order chi connectivity index (χ0) is 22.5. The average molecular weight is 466 g/mol. The Kier molecular flexibility index (Phi) is 6.05. The van der Waals surface area contributed by atoms with E-state index in [0.29, 0.717) is 21.6 Å². The Morgan fingerprint density at radius 3 is 1.34 bits per heavy atom. The highest BCUT2D eigenvalue weighted by atomic mass is 32.1. The molecule has 0 saturated heterocycles. The van der Waals surface area contributed by atoms with E-state index in [1.165, 1.54) is 71.2 Å². The molecule has 14 heteroatoms. The summed E-state index contributed by atoms with van der Waals surface area (Å²) in [6.07, 6.45) is 3.28. The zero-order valence-electron chi connectivity index (χ0n) is 15.8. The average Bonchev–Trinajstić information content (AvgIpc) is 3.46. The van der Waals surface area contributed by atoms with E-state index < -0.39 is 9.85 Å². The Morgan fingerprint density at radius 1 is 0.625 bits per heavy atom. The lowest BCUT2D eigenvalue weighted by Crippen LogP contribution is -1.85. The van der Waals surface area contributed by atoms with Crippen molar-refractivity contribution < 1.29 is 9.85 Å². The van der Waals surface area contributed by atoms with Crippen molar-refractivity contribution in [2.45, 2.75) is 0 Å². The number of nitrogens with zero attached hydrogens (tertiary/aromatic N) is 8. The molecule has 4 rings (SSSR count). The van der Waals surface area contributed by atoms with Crippen molar-refractivity contribution in [3.63, 3.8) is 0 Å². The second kappa shape index (κ2) is 9.23. The molecule has 0 aliphatic carbocycles. The maximum absolute atomic E-state index is 10.7. The molecule has 0 saturated carbocycles. The lowest BCUT2D eigenvalue weighted by molar-refractivity contribution is -0.385. The van der Waals surface area contributed by atoms with Crippen molar-refractivity contribution in [2.75, 3.05) is 0 Å². The molecular weight excluding hydrogens is 456 g/mol. The summed E-state index contributed by atoms with van der Waals surface area (Å²) in [7, 11) is 0. The number of rotatable bonds is 7. The Hall–Kier alpha value is -4.30. The summed E-state index contributed by atoms with van der Waals surface area (Å²) >= 11 is 2.60. The van der Waals surface area contributed by atoms with E-state index >= 15 is 0 Å². The fraction of sp³-hybridized carbons (Fsp3) is 0. The van der Waals surface area contributed by atoms with Crippen LogP contribution in [0.4, 0.5) is 33.0 Å². The highest BCUT2D eigenvalue weighted by Crippen LogP contribution is 2.37. The summed E-state index contributed by atoms with van der Waals surface area (Å²) in [4.78, 5) is 30.4. The topological polar surface area (TPSA) is 162 Å². The van der Waals surface area contributed by atoms with Crippen molar-refractivity contribution in [2.24, 2.45) is 20.5 Å². The van der Waals surface area contributed by atoms with Crippen LogP contribution in [0.25, 0.3) is 9.75 Å². The first-order valence-corrected chi connectivity index (χ1v) is 10.4. The van der Waals surface area contributed by atoms with Crippen LogP contribution in [-0.2, 0) is 0 Å². The molecule has 0 atom stereocenters. The molecule has 0 radical (unpaired) electrons. The van der Waals surface area contributed by atoms with Crippen LogP contribution in [0.15, 0.2) is 81.4 Å². The van der Waals surface area contributed by atoms with Crippen molar-refractivity contribution >= 4 is 55.7 Å². The number of hydrogen-bond acceptors (Lipinski definition) is 12. The molecule has 2 aromatic carbocycles. The van der Waals surface area contributed by atoms with Crippen LogP contribution < -0.4 is 0 Å².